The molecular weight excluding hydrogens is 186 g/mol. The molecule has 1 aliphatic rings. The first kappa shape index (κ1) is 8.77. The summed E-state index contributed by atoms with van der Waals surface area (Å²) in [5.41, 5.74) is 9.01. The predicted molar refractivity (Wildman–Crippen MR) is 61.6 cm³/mol. The zero-order chi connectivity index (χ0) is 10.5. The number of aromatic nitrogens is 2. The van der Waals surface area contributed by atoms with E-state index in [-0.39, 0.29) is 5.54 Å². The van der Waals surface area contributed by atoms with Crippen molar-refractivity contribution in [3.8, 4) is 0 Å². The second kappa shape index (κ2) is 2.75. The molecule has 0 amide bonds. The molecule has 0 bridgehead atoms. The van der Waals surface area contributed by atoms with E-state index < -0.39 is 0 Å². The van der Waals surface area contributed by atoms with Gasteiger partial charge in [-0.1, -0.05) is 0 Å². The SMILES string of the molecule is CC1(n2cnc3cc(N)ccc32)CCC1. The summed E-state index contributed by atoms with van der Waals surface area (Å²) in [5, 5.41) is 0. The highest BCUT2D eigenvalue weighted by molar-refractivity contribution is 5.79. The number of rotatable bonds is 1. The van der Waals surface area contributed by atoms with Gasteiger partial charge in [0.1, 0.15) is 0 Å². The molecule has 2 aromatic rings. The Labute approximate surface area is 88.9 Å². The highest BCUT2D eigenvalue weighted by Crippen LogP contribution is 2.40. The van der Waals surface area contributed by atoms with Crippen LogP contribution in [0.1, 0.15) is 26.2 Å². The van der Waals surface area contributed by atoms with Crippen LogP contribution in [0.15, 0.2) is 24.5 Å². The molecule has 1 saturated carbocycles. The number of benzene rings is 1. The van der Waals surface area contributed by atoms with Gasteiger partial charge in [0.05, 0.1) is 17.4 Å². The van der Waals surface area contributed by atoms with Crippen LogP contribution in [0.2, 0.25) is 0 Å². The van der Waals surface area contributed by atoms with Crippen LogP contribution in [0.4, 0.5) is 5.69 Å². The van der Waals surface area contributed by atoms with E-state index in [0.717, 1.165) is 11.2 Å². The average molecular weight is 201 g/mol. The van der Waals surface area contributed by atoms with Gasteiger partial charge in [0.2, 0.25) is 0 Å². The summed E-state index contributed by atoms with van der Waals surface area (Å²) in [5.74, 6) is 0. The molecular formula is C12H15N3. The Morgan fingerprint density at radius 3 is 2.87 bits per heavy atom. The lowest BCUT2D eigenvalue weighted by Gasteiger charge is -2.40. The number of anilines is 1. The van der Waals surface area contributed by atoms with Crippen molar-refractivity contribution in [3.05, 3.63) is 24.5 Å². The minimum atomic E-state index is 0.283. The average Bonchev–Trinajstić information content (AvgIpc) is 2.57. The maximum atomic E-state index is 5.74. The first-order valence-electron chi connectivity index (χ1n) is 5.42. The van der Waals surface area contributed by atoms with Crippen LogP contribution in [0.5, 0.6) is 0 Å². The summed E-state index contributed by atoms with van der Waals surface area (Å²) in [6.45, 7) is 2.30. The van der Waals surface area contributed by atoms with E-state index in [1.165, 1.54) is 24.8 Å². The van der Waals surface area contributed by atoms with Crippen LogP contribution in [0.25, 0.3) is 11.0 Å². The minimum Gasteiger partial charge on any atom is -0.399 e. The maximum absolute atomic E-state index is 5.74. The number of imidazole rings is 1. The molecule has 1 heterocycles. The zero-order valence-electron chi connectivity index (χ0n) is 8.90. The molecule has 0 unspecified atom stereocenters. The molecule has 1 aromatic carbocycles. The molecule has 0 spiro atoms. The lowest BCUT2D eigenvalue weighted by Crippen LogP contribution is -2.36. The van der Waals surface area contributed by atoms with Crippen LogP contribution in [0.3, 0.4) is 0 Å². The van der Waals surface area contributed by atoms with Crippen LogP contribution >= 0.6 is 0 Å². The van der Waals surface area contributed by atoms with E-state index in [4.69, 9.17) is 5.73 Å². The van der Waals surface area contributed by atoms with Gasteiger partial charge < -0.3 is 10.3 Å². The van der Waals surface area contributed by atoms with Crippen molar-refractivity contribution in [1.29, 1.82) is 0 Å². The fourth-order valence-electron chi connectivity index (χ4n) is 2.39. The summed E-state index contributed by atoms with van der Waals surface area (Å²) in [4.78, 5) is 4.41. The molecule has 3 nitrogen and oxygen atoms in total. The standard InChI is InChI=1S/C12H15N3/c1-12(5-2-6-12)15-8-14-10-7-9(13)3-4-11(10)15/h3-4,7-8H,2,5-6,13H2,1H3. The third-order valence-electron chi connectivity index (χ3n) is 3.58. The van der Waals surface area contributed by atoms with Gasteiger partial charge >= 0.3 is 0 Å². The molecule has 1 fully saturated rings. The van der Waals surface area contributed by atoms with E-state index in [1.54, 1.807) is 0 Å². The number of fused-ring (bicyclic) bond motifs is 1. The van der Waals surface area contributed by atoms with Gasteiger partial charge in [-0.15, -0.1) is 0 Å². The third-order valence-corrected chi connectivity index (χ3v) is 3.58. The summed E-state index contributed by atoms with van der Waals surface area (Å²) < 4.78 is 2.30. The summed E-state index contributed by atoms with van der Waals surface area (Å²) in [6.07, 6.45) is 5.78. The molecule has 1 aromatic heterocycles. The molecule has 0 saturated heterocycles. The van der Waals surface area contributed by atoms with E-state index in [0.29, 0.717) is 0 Å². The van der Waals surface area contributed by atoms with Crippen LogP contribution in [-0.4, -0.2) is 9.55 Å². The van der Waals surface area contributed by atoms with Crippen LogP contribution < -0.4 is 5.73 Å². The van der Waals surface area contributed by atoms with Gasteiger partial charge in [-0.2, -0.15) is 0 Å². The van der Waals surface area contributed by atoms with Crippen LogP contribution in [-0.2, 0) is 5.54 Å². The first-order chi connectivity index (χ1) is 7.19. The lowest BCUT2D eigenvalue weighted by atomic mass is 9.78. The largest absolute Gasteiger partial charge is 0.399 e. The van der Waals surface area contributed by atoms with Gasteiger partial charge in [0, 0.05) is 11.2 Å². The van der Waals surface area contributed by atoms with Gasteiger partial charge in [-0.3, -0.25) is 0 Å². The van der Waals surface area contributed by atoms with Gasteiger partial charge in [-0.25, -0.2) is 4.98 Å². The molecule has 3 heteroatoms. The Morgan fingerprint density at radius 2 is 2.20 bits per heavy atom. The zero-order valence-corrected chi connectivity index (χ0v) is 8.90. The molecule has 0 aliphatic heterocycles. The van der Waals surface area contributed by atoms with Gasteiger partial charge in [-0.05, 0) is 44.4 Å². The van der Waals surface area contributed by atoms with E-state index in [9.17, 15) is 0 Å². The summed E-state index contributed by atoms with van der Waals surface area (Å²) in [7, 11) is 0. The van der Waals surface area contributed by atoms with Crippen molar-refractivity contribution in [2.75, 3.05) is 5.73 Å². The van der Waals surface area contributed by atoms with Crippen molar-refractivity contribution in [2.24, 2.45) is 0 Å². The molecule has 3 rings (SSSR count). The molecule has 2 N–H and O–H groups in total. The Kier molecular flexibility index (Phi) is 1.61. The van der Waals surface area contributed by atoms with Crippen molar-refractivity contribution in [1.82, 2.24) is 9.55 Å². The normalized spacial score (nSPS) is 19.0. The van der Waals surface area contributed by atoms with Crippen molar-refractivity contribution < 1.29 is 0 Å². The number of nitrogen functional groups attached to an aromatic ring is 1. The van der Waals surface area contributed by atoms with Crippen molar-refractivity contribution in [2.45, 2.75) is 31.7 Å². The van der Waals surface area contributed by atoms with E-state index in [2.05, 4.69) is 22.5 Å². The number of nitrogens with zero attached hydrogens (tertiary/aromatic N) is 2. The quantitative estimate of drug-likeness (QED) is 0.720. The van der Waals surface area contributed by atoms with E-state index >= 15 is 0 Å². The van der Waals surface area contributed by atoms with Gasteiger partial charge in [0.25, 0.3) is 0 Å². The smallest absolute Gasteiger partial charge is 0.0963 e. The molecule has 0 radical (unpaired) electrons. The number of hydrogen-bond donors (Lipinski definition) is 1. The Bertz CT molecular complexity index is 509. The number of hydrogen-bond acceptors (Lipinski definition) is 2. The molecule has 15 heavy (non-hydrogen) atoms. The topological polar surface area (TPSA) is 43.8 Å². The van der Waals surface area contributed by atoms with E-state index in [1.807, 2.05) is 18.5 Å². The van der Waals surface area contributed by atoms with Crippen molar-refractivity contribution in [3.63, 3.8) is 0 Å². The Balaban J connectivity index is 2.20. The van der Waals surface area contributed by atoms with Gasteiger partial charge in [0.15, 0.2) is 0 Å². The summed E-state index contributed by atoms with van der Waals surface area (Å²) in [6, 6.07) is 5.96. The third kappa shape index (κ3) is 1.16. The number of nitrogens with two attached hydrogens (primary N) is 1. The maximum Gasteiger partial charge on any atom is 0.0963 e. The fourth-order valence-corrected chi connectivity index (χ4v) is 2.39. The first-order valence-corrected chi connectivity index (χ1v) is 5.42. The monoisotopic (exact) mass is 201 g/mol. The lowest BCUT2D eigenvalue weighted by molar-refractivity contribution is 0.174. The molecule has 78 valence electrons. The minimum absolute atomic E-state index is 0.283. The second-order valence-corrected chi connectivity index (χ2v) is 4.71. The van der Waals surface area contributed by atoms with Crippen LogP contribution in [0, 0.1) is 0 Å². The second-order valence-electron chi connectivity index (χ2n) is 4.71. The highest BCUT2D eigenvalue weighted by atomic mass is 15.1. The fraction of sp³-hybridized carbons (Fsp3) is 0.417. The van der Waals surface area contributed by atoms with Crippen molar-refractivity contribution >= 4 is 16.7 Å². The molecule has 0 atom stereocenters. The Hall–Kier alpha value is -1.51. The summed E-state index contributed by atoms with van der Waals surface area (Å²) >= 11 is 0. The highest BCUT2D eigenvalue weighted by Gasteiger charge is 2.34. The Morgan fingerprint density at radius 1 is 1.40 bits per heavy atom. The molecule has 1 aliphatic carbocycles. The predicted octanol–water partition coefficient (Wildman–Crippen LogP) is 2.52.